The lowest BCUT2D eigenvalue weighted by molar-refractivity contribution is -0.121. The molecule has 0 aromatic heterocycles. The molecule has 0 aromatic carbocycles. The molecule has 6 atom stereocenters. The molecule has 162 valence electrons. The Morgan fingerprint density at radius 3 is 2.04 bits per heavy atom. The van der Waals surface area contributed by atoms with Gasteiger partial charge in [0.1, 0.15) is 6.29 Å². The van der Waals surface area contributed by atoms with Gasteiger partial charge in [0.15, 0.2) is 0 Å². The highest BCUT2D eigenvalue weighted by Gasteiger charge is 2.34. The zero-order valence-corrected chi connectivity index (χ0v) is 18.7. The molecule has 0 saturated heterocycles. The predicted octanol–water partition coefficient (Wildman–Crippen LogP) is 3.28. The van der Waals surface area contributed by atoms with Crippen LogP contribution in [0, 0.1) is 23.7 Å². The maximum atomic E-state index is 12.0. The molecule has 2 rings (SSSR count). The first kappa shape index (κ1) is 23.3. The monoisotopic (exact) mass is 393 g/mol. The van der Waals surface area contributed by atoms with Crippen LogP contribution in [-0.2, 0) is 9.59 Å². The molecule has 3 N–H and O–H groups in total. The van der Waals surface area contributed by atoms with Crippen molar-refractivity contribution in [3.8, 4) is 0 Å². The van der Waals surface area contributed by atoms with Crippen LogP contribution in [0.4, 0.5) is 0 Å². The number of amides is 1. The molecule has 2 fully saturated rings. The number of aldehydes is 1. The van der Waals surface area contributed by atoms with Crippen LogP contribution in [0.15, 0.2) is 0 Å². The molecule has 5 heteroatoms. The van der Waals surface area contributed by atoms with Crippen LogP contribution in [0.25, 0.3) is 0 Å². The summed E-state index contributed by atoms with van der Waals surface area (Å²) >= 11 is 0. The van der Waals surface area contributed by atoms with Gasteiger partial charge in [-0.25, -0.2) is 0 Å². The highest BCUT2D eigenvalue weighted by atomic mass is 16.2. The van der Waals surface area contributed by atoms with Crippen LogP contribution in [0.2, 0.25) is 0 Å². The highest BCUT2D eigenvalue weighted by molar-refractivity contribution is 5.78. The maximum absolute atomic E-state index is 12.0. The third-order valence-corrected chi connectivity index (χ3v) is 6.70. The van der Waals surface area contributed by atoms with Gasteiger partial charge in [-0.1, -0.05) is 13.8 Å². The van der Waals surface area contributed by atoms with Gasteiger partial charge in [0.25, 0.3) is 0 Å². The number of hydrogen-bond acceptors (Lipinski definition) is 4. The van der Waals surface area contributed by atoms with Gasteiger partial charge in [0.2, 0.25) is 5.91 Å². The van der Waals surface area contributed by atoms with E-state index in [0.29, 0.717) is 12.0 Å². The molecule has 0 aromatic rings. The predicted molar refractivity (Wildman–Crippen MR) is 115 cm³/mol. The molecule has 2 saturated carbocycles. The summed E-state index contributed by atoms with van der Waals surface area (Å²) in [5.74, 6) is 2.97. The molecule has 0 heterocycles. The van der Waals surface area contributed by atoms with Gasteiger partial charge in [-0.3, -0.25) is 4.79 Å². The molecule has 1 amide bonds. The fourth-order valence-corrected chi connectivity index (χ4v) is 5.40. The first-order valence-electron chi connectivity index (χ1n) is 11.4. The molecule has 0 aliphatic heterocycles. The minimum Gasteiger partial charge on any atom is -0.352 e. The van der Waals surface area contributed by atoms with Gasteiger partial charge in [-0.05, 0) is 89.4 Å². The average Bonchev–Trinajstić information content (AvgIpc) is 2.59. The number of nitrogens with one attached hydrogen (secondary N) is 3. The molecular formula is C23H43N3O2. The van der Waals surface area contributed by atoms with Crippen LogP contribution in [0.1, 0.15) is 79.6 Å². The fraction of sp³-hybridized carbons (Fsp3) is 0.913. The molecule has 0 radical (unpaired) electrons. The molecule has 0 spiro atoms. The van der Waals surface area contributed by atoms with E-state index in [4.69, 9.17) is 0 Å². The van der Waals surface area contributed by atoms with Crippen molar-refractivity contribution in [2.75, 3.05) is 13.1 Å². The van der Waals surface area contributed by atoms with E-state index in [0.717, 1.165) is 30.5 Å². The summed E-state index contributed by atoms with van der Waals surface area (Å²) in [4.78, 5) is 22.3. The first-order valence-corrected chi connectivity index (χ1v) is 11.4. The van der Waals surface area contributed by atoms with E-state index in [1.807, 2.05) is 0 Å². The third-order valence-electron chi connectivity index (χ3n) is 6.70. The quantitative estimate of drug-likeness (QED) is 0.437. The normalized spacial score (nSPS) is 34.0. The Balaban J connectivity index is 1.71. The van der Waals surface area contributed by atoms with Crippen LogP contribution >= 0.6 is 0 Å². The molecule has 2 aliphatic rings. The summed E-state index contributed by atoms with van der Waals surface area (Å²) in [6.07, 6.45) is 9.69. The van der Waals surface area contributed by atoms with Gasteiger partial charge >= 0.3 is 0 Å². The molecule has 5 nitrogen and oxygen atoms in total. The van der Waals surface area contributed by atoms with Crippen molar-refractivity contribution >= 4 is 12.2 Å². The van der Waals surface area contributed by atoms with Crippen LogP contribution in [-0.4, -0.2) is 42.9 Å². The summed E-state index contributed by atoms with van der Waals surface area (Å²) in [6, 6.07) is 0.946. The minimum absolute atomic E-state index is 0.00986. The van der Waals surface area contributed by atoms with Crippen LogP contribution in [0.3, 0.4) is 0 Å². The number of carbonyl (C=O) groups is 2. The molecule has 28 heavy (non-hydrogen) atoms. The van der Waals surface area contributed by atoms with Crippen molar-refractivity contribution in [1.82, 2.24) is 16.0 Å². The van der Waals surface area contributed by atoms with E-state index < -0.39 is 0 Å². The molecular weight excluding hydrogens is 350 g/mol. The Morgan fingerprint density at radius 2 is 1.54 bits per heavy atom. The van der Waals surface area contributed by atoms with Crippen molar-refractivity contribution in [3.05, 3.63) is 0 Å². The Kier molecular flexibility index (Phi) is 8.94. The van der Waals surface area contributed by atoms with E-state index in [9.17, 15) is 9.59 Å². The van der Waals surface area contributed by atoms with Crippen molar-refractivity contribution in [2.45, 2.75) is 97.2 Å². The lowest BCUT2D eigenvalue weighted by Gasteiger charge is -2.41. The van der Waals surface area contributed by atoms with Gasteiger partial charge in [-0.2, -0.15) is 0 Å². The van der Waals surface area contributed by atoms with E-state index in [1.54, 1.807) is 0 Å². The van der Waals surface area contributed by atoms with E-state index in [-0.39, 0.29) is 30.6 Å². The Bertz CT molecular complexity index is 503. The Morgan fingerprint density at radius 1 is 0.964 bits per heavy atom. The van der Waals surface area contributed by atoms with Crippen molar-refractivity contribution in [1.29, 1.82) is 0 Å². The van der Waals surface area contributed by atoms with Crippen molar-refractivity contribution < 1.29 is 9.59 Å². The standard InChI is InChI=1S/C23H43N3O2/c1-16-12-18(6-8-20(16)25-22(28)15-24-10-11-27)14-19-7-9-21(17(2)13-19)26-23(3,4)5/h11,16-21,24,26H,6-10,12-15H2,1-5H3,(H,25,28). The second kappa shape index (κ2) is 10.7. The van der Waals surface area contributed by atoms with Gasteiger partial charge < -0.3 is 20.7 Å². The topological polar surface area (TPSA) is 70.2 Å². The SMILES string of the molecule is CC1CC(CC2CCC(NC(C)(C)C)C(C)C2)CCC1NC(=O)CNCC=O. The lowest BCUT2D eigenvalue weighted by Crippen LogP contribution is -2.49. The highest BCUT2D eigenvalue weighted by Crippen LogP contribution is 2.39. The molecule has 0 bridgehead atoms. The summed E-state index contributed by atoms with van der Waals surface area (Å²) in [5, 5.41) is 9.82. The second-order valence-electron chi connectivity index (χ2n) is 10.5. The maximum Gasteiger partial charge on any atom is 0.234 e. The van der Waals surface area contributed by atoms with E-state index in [1.165, 1.54) is 38.5 Å². The minimum atomic E-state index is 0.00986. The smallest absolute Gasteiger partial charge is 0.234 e. The number of carbonyl (C=O) groups excluding carboxylic acids is 2. The Hall–Kier alpha value is -0.940. The van der Waals surface area contributed by atoms with Gasteiger partial charge in [0, 0.05) is 17.6 Å². The summed E-state index contributed by atoms with van der Waals surface area (Å²) < 4.78 is 0. The molecule has 2 aliphatic carbocycles. The molecule has 6 unspecified atom stereocenters. The van der Waals surface area contributed by atoms with Crippen LogP contribution < -0.4 is 16.0 Å². The zero-order valence-electron chi connectivity index (χ0n) is 18.7. The summed E-state index contributed by atoms with van der Waals surface area (Å²) in [6.45, 7) is 12.0. The largest absolute Gasteiger partial charge is 0.352 e. The average molecular weight is 394 g/mol. The number of hydrogen-bond donors (Lipinski definition) is 3. The second-order valence-corrected chi connectivity index (χ2v) is 10.5. The van der Waals surface area contributed by atoms with Crippen LogP contribution in [0.5, 0.6) is 0 Å². The summed E-state index contributed by atoms with van der Waals surface area (Å²) in [5.41, 5.74) is 0.201. The third kappa shape index (κ3) is 7.82. The fourth-order valence-electron chi connectivity index (χ4n) is 5.40. The number of rotatable bonds is 8. The van der Waals surface area contributed by atoms with Crippen molar-refractivity contribution in [3.63, 3.8) is 0 Å². The Labute approximate surface area is 172 Å². The summed E-state index contributed by atoms with van der Waals surface area (Å²) in [7, 11) is 0. The van der Waals surface area contributed by atoms with Gasteiger partial charge in [-0.15, -0.1) is 0 Å². The van der Waals surface area contributed by atoms with E-state index >= 15 is 0 Å². The van der Waals surface area contributed by atoms with Crippen molar-refractivity contribution in [2.24, 2.45) is 23.7 Å². The first-order chi connectivity index (χ1) is 13.2. The van der Waals surface area contributed by atoms with E-state index in [2.05, 4.69) is 50.6 Å². The lowest BCUT2D eigenvalue weighted by atomic mass is 9.70. The zero-order chi connectivity index (χ0) is 20.7. The van der Waals surface area contributed by atoms with Gasteiger partial charge in [0.05, 0.1) is 13.1 Å².